The van der Waals surface area contributed by atoms with Gasteiger partial charge in [0.2, 0.25) is 5.91 Å². The molecule has 0 radical (unpaired) electrons. The first-order chi connectivity index (χ1) is 16.8. The quantitative estimate of drug-likeness (QED) is 0.396. The molecule has 3 aromatic rings. The molecule has 1 aliphatic heterocycles. The molecule has 0 aliphatic carbocycles. The minimum absolute atomic E-state index is 0.221. The lowest BCUT2D eigenvalue weighted by Gasteiger charge is -2.24. The van der Waals surface area contributed by atoms with E-state index in [1.807, 2.05) is 12.1 Å². The smallest absolute Gasteiger partial charge is 0.335 e. The summed E-state index contributed by atoms with van der Waals surface area (Å²) < 4.78 is 0. The van der Waals surface area contributed by atoms with Crippen molar-refractivity contribution in [2.75, 3.05) is 11.9 Å². The summed E-state index contributed by atoms with van der Waals surface area (Å²) in [6.07, 6.45) is 1.32. The second-order valence-corrected chi connectivity index (χ2v) is 9.11. The highest BCUT2D eigenvalue weighted by Gasteiger charge is 2.34. The Hall–Kier alpha value is -3.55. The summed E-state index contributed by atoms with van der Waals surface area (Å²) in [5.41, 5.74) is 3.37. The molecular formula is C26H23Cl2N3O4. The van der Waals surface area contributed by atoms with Gasteiger partial charge in [-0.05, 0) is 72.0 Å². The molecule has 1 fully saturated rings. The Kier molecular flexibility index (Phi) is 7.58. The van der Waals surface area contributed by atoms with Crippen molar-refractivity contribution in [3.05, 3.63) is 87.9 Å². The number of rotatable bonds is 6. The van der Waals surface area contributed by atoms with Gasteiger partial charge < -0.3 is 20.6 Å². The van der Waals surface area contributed by atoms with Crippen molar-refractivity contribution in [3.8, 4) is 11.1 Å². The number of amides is 3. The Morgan fingerprint density at radius 2 is 1.51 bits per heavy atom. The van der Waals surface area contributed by atoms with Crippen molar-refractivity contribution in [3.63, 3.8) is 0 Å². The van der Waals surface area contributed by atoms with Crippen LogP contribution in [0.15, 0.2) is 66.7 Å². The summed E-state index contributed by atoms with van der Waals surface area (Å²) in [5, 5.41) is 15.7. The fourth-order valence-corrected chi connectivity index (χ4v) is 4.62. The maximum atomic E-state index is 12.9. The fourth-order valence-electron chi connectivity index (χ4n) is 4.05. The number of carboxylic acids is 1. The normalized spacial score (nSPS) is 15.0. The zero-order valence-electron chi connectivity index (χ0n) is 18.6. The minimum atomic E-state index is -0.974. The molecule has 3 N–H and O–H groups in total. The molecule has 1 heterocycles. The highest BCUT2D eigenvalue weighted by atomic mass is 35.5. The average Bonchev–Trinajstić information content (AvgIpc) is 3.33. The van der Waals surface area contributed by atoms with E-state index in [2.05, 4.69) is 10.6 Å². The molecule has 0 bridgehead atoms. The van der Waals surface area contributed by atoms with E-state index in [9.17, 15) is 14.4 Å². The molecule has 4 rings (SSSR count). The maximum Gasteiger partial charge on any atom is 0.335 e. The highest BCUT2D eigenvalue weighted by molar-refractivity contribution is 6.34. The summed E-state index contributed by atoms with van der Waals surface area (Å²) in [7, 11) is 0. The van der Waals surface area contributed by atoms with Crippen LogP contribution in [0.1, 0.15) is 28.8 Å². The first-order valence-corrected chi connectivity index (χ1v) is 11.8. The number of likely N-dealkylation sites (tertiary alicyclic amines) is 1. The summed E-state index contributed by atoms with van der Waals surface area (Å²) in [6.45, 7) is 0.740. The third-order valence-corrected chi connectivity index (χ3v) is 6.24. The molecule has 0 saturated carbocycles. The molecular weight excluding hydrogens is 489 g/mol. The van der Waals surface area contributed by atoms with Crippen molar-refractivity contribution < 1.29 is 19.5 Å². The van der Waals surface area contributed by atoms with Gasteiger partial charge in [0, 0.05) is 28.8 Å². The monoisotopic (exact) mass is 511 g/mol. The van der Waals surface area contributed by atoms with Crippen LogP contribution in [-0.4, -0.2) is 40.5 Å². The predicted molar refractivity (Wildman–Crippen MR) is 136 cm³/mol. The summed E-state index contributed by atoms with van der Waals surface area (Å²) in [4.78, 5) is 38.2. The minimum Gasteiger partial charge on any atom is -0.478 e. The van der Waals surface area contributed by atoms with E-state index < -0.39 is 12.0 Å². The number of nitrogens with zero attached hydrogens (tertiary/aromatic N) is 1. The molecule has 0 unspecified atom stereocenters. The standard InChI is InChI=1S/C26H23Cl2N3O4/c27-20-12-16(13-21(28)14-20)15-29-26(35)31-11-1-2-23(31)24(32)30-22-9-7-18(8-10-22)17-3-5-19(6-4-17)25(33)34/h3-10,12-14,23H,1-2,11,15H2,(H,29,35)(H,30,32)(H,33,34)/t23-/m1/s1. The van der Waals surface area contributed by atoms with Crippen LogP contribution in [0.4, 0.5) is 10.5 Å². The Morgan fingerprint density at radius 3 is 2.11 bits per heavy atom. The topological polar surface area (TPSA) is 98.7 Å². The average molecular weight is 512 g/mol. The maximum absolute atomic E-state index is 12.9. The van der Waals surface area contributed by atoms with Crippen LogP contribution in [0.5, 0.6) is 0 Å². The zero-order valence-corrected chi connectivity index (χ0v) is 20.1. The number of nitrogens with one attached hydrogen (secondary N) is 2. The van der Waals surface area contributed by atoms with Crippen LogP contribution in [0.25, 0.3) is 11.1 Å². The predicted octanol–water partition coefficient (Wildman–Crippen LogP) is 5.67. The second-order valence-electron chi connectivity index (χ2n) is 8.24. The molecule has 1 aliphatic rings. The third kappa shape index (κ3) is 6.12. The summed E-state index contributed by atoms with van der Waals surface area (Å²) in [5.74, 6) is -1.22. The van der Waals surface area contributed by atoms with Gasteiger partial charge in [0.1, 0.15) is 6.04 Å². The number of urea groups is 1. The lowest BCUT2D eigenvalue weighted by Crippen LogP contribution is -2.47. The molecule has 9 heteroatoms. The first-order valence-electron chi connectivity index (χ1n) is 11.0. The Bertz CT molecular complexity index is 1230. The van der Waals surface area contributed by atoms with Crippen molar-refractivity contribution >= 4 is 46.8 Å². The van der Waals surface area contributed by atoms with Gasteiger partial charge in [0.05, 0.1) is 5.56 Å². The molecule has 3 aromatic carbocycles. The number of carbonyl (C=O) groups is 3. The van der Waals surface area contributed by atoms with Gasteiger partial charge in [-0.2, -0.15) is 0 Å². The van der Waals surface area contributed by atoms with Crippen molar-refractivity contribution in [1.29, 1.82) is 0 Å². The van der Waals surface area contributed by atoms with Gasteiger partial charge in [0.25, 0.3) is 0 Å². The Balaban J connectivity index is 1.36. The molecule has 1 atom stereocenters. The highest BCUT2D eigenvalue weighted by Crippen LogP contribution is 2.24. The zero-order chi connectivity index (χ0) is 24.9. The number of hydrogen-bond acceptors (Lipinski definition) is 3. The van der Waals surface area contributed by atoms with Crippen molar-refractivity contribution in [1.82, 2.24) is 10.2 Å². The van der Waals surface area contributed by atoms with Crippen molar-refractivity contribution in [2.45, 2.75) is 25.4 Å². The van der Waals surface area contributed by atoms with Gasteiger partial charge in [-0.3, -0.25) is 4.79 Å². The second kappa shape index (κ2) is 10.8. The first kappa shape index (κ1) is 24.6. The fraction of sp³-hybridized carbons (Fsp3) is 0.192. The van der Waals surface area contributed by atoms with E-state index in [-0.39, 0.29) is 24.0 Å². The molecule has 1 saturated heterocycles. The SMILES string of the molecule is O=C(O)c1ccc(-c2ccc(NC(=O)[C@H]3CCCN3C(=O)NCc3cc(Cl)cc(Cl)c3)cc2)cc1. The molecule has 7 nitrogen and oxygen atoms in total. The lowest BCUT2D eigenvalue weighted by atomic mass is 10.0. The van der Waals surface area contributed by atoms with Crippen LogP contribution >= 0.6 is 23.2 Å². The number of halogens is 2. The van der Waals surface area contributed by atoms with E-state index in [0.29, 0.717) is 28.7 Å². The Morgan fingerprint density at radius 1 is 0.914 bits per heavy atom. The van der Waals surface area contributed by atoms with Crippen LogP contribution in [0.2, 0.25) is 10.0 Å². The number of carbonyl (C=O) groups excluding carboxylic acids is 2. The number of carboxylic acid groups (broad SMARTS) is 1. The largest absolute Gasteiger partial charge is 0.478 e. The van der Waals surface area contributed by atoms with E-state index in [1.165, 1.54) is 0 Å². The van der Waals surface area contributed by atoms with Crippen molar-refractivity contribution in [2.24, 2.45) is 0 Å². The van der Waals surface area contributed by atoms with E-state index in [1.54, 1.807) is 59.5 Å². The number of benzene rings is 3. The van der Waals surface area contributed by atoms with Crippen LogP contribution in [0.3, 0.4) is 0 Å². The van der Waals surface area contributed by atoms with Gasteiger partial charge in [0.15, 0.2) is 0 Å². The molecule has 35 heavy (non-hydrogen) atoms. The molecule has 3 amide bonds. The van der Waals surface area contributed by atoms with Gasteiger partial charge >= 0.3 is 12.0 Å². The Labute approximate surface area is 212 Å². The summed E-state index contributed by atoms with van der Waals surface area (Å²) in [6, 6.07) is 18.0. The van der Waals surface area contributed by atoms with Crippen LogP contribution in [-0.2, 0) is 11.3 Å². The molecule has 0 aromatic heterocycles. The van der Waals surface area contributed by atoms with Gasteiger partial charge in [-0.1, -0.05) is 47.5 Å². The number of anilines is 1. The number of aromatic carboxylic acids is 1. The van der Waals surface area contributed by atoms with Gasteiger partial charge in [-0.25, -0.2) is 9.59 Å². The molecule has 180 valence electrons. The summed E-state index contributed by atoms with van der Waals surface area (Å²) >= 11 is 12.0. The van der Waals surface area contributed by atoms with Crippen LogP contribution in [0, 0.1) is 0 Å². The van der Waals surface area contributed by atoms with Crippen LogP contribution < -0.4 is 10.6 Å². The number of hydrogen-bond donors (Lipinski definition) is 3. The third-order valence-electron chi connectivity index (χ3n) is 5.80. The van der Waals surface area contributed by atoms with E-state index in [0.717, 1.165) is 23.1 Å². The molecule has 0 spiro atoms. The van der Waals surface area contributed by atoms with E-state index >= 15 is 0 Å². The van der Waals surface area contributed by atoms with E-state index in [4.69, 9.17) is 28.3 Å². The lowest BCUT2D eigenvalue weighted by molar-refractivity contribution is -0.119. The van der Waals surface area contributed by atoms with Gasteiger partial charge in [-0.15, -0.1) is 0 Å².